The number of benzene rings is 1. The summed E-state index contributed by atoms with van der Waals surface area (Å²) in [6, 6.07) is 5.11. The molecule has 0 saturated heterocycles. The van der Waals surface area contributed by atoms with Crippen molar-refractivity contribution in [3.8, 4) is 0 Å². The minimum atomic E-state index is -0.283. The van der Waals surface area contributed by atoms with E-state index in [4.69, 9.17) is 17.3 Å². The quantitative estimate of drug-likeness (QED) is 0.773. The average molecular weight is 332 g/mol. The highest BCUT2D eigenvalue weighted by Crippen LogP contribution is 2.24. The summed E-state index contributed by atoms with van der Waals surface area (Å²) in [4.78, 5) is 23.8. The highest BCUT2D eigenvalue weighted by molar-refractivity contribution is 6.34. The van der Waals surface area contributed by atoms with E-state index in [1.807, 2.05) is 0 Å². The fraction of sp³-hybridized carbons (Fsp3) is 0.429. The van der Waals surface area contributed by atoms with Crippen molar-refractivity contribution in [2.45, 2.75) is 25.8 Å². The van der Waals surface area contributed by atoms with Crippen LogP contribution in [0, 0.1) is 5.92 Å². The Morgan fingerprint density at radius 2 is 2.10 bits per heavy atom. The number of hydrogen-bond donors (Lipinski definition) is 3. The molecule has 1 fully saturated rings. The van der Waals surface area contributed by atoms with E-state index in [-0.39, 0.29) is 42.7 Å². The topological polar surface area (TPSA) is 84.2 Å². The van der Waals surface area contributed by atoms with Crippen molar-refractivity contribution in [1.29, 1.82) is 0 Å². The monoisotopic (exact) mass is 331 g/mol. The van der Waals surface area contributed by atoms with Gasteiger partial charge in [0.15, 0.2) is 0 Å². The third kappa shape index (κ3) is 4.88. The number of carbonyl (C=O) groups is 2. The molecule has 1 unspecified atom stereocenters. The van der Waals surface area contributed by atoms with E-state index in [2.05, 4.69) is 10.6 Å². The lowest BCUT2D eigenvalue weighted by Gasteiger charge is -2.12. The molecule has 0 spiro atoms. The summed E-state index contributed by atoms with van der Waals surface area (Å²) in [5, 5.41) is 5.96. The van der Waals surface area contributed by atoms with Crippen LogP contribution in [0.2, 0.25) is 5.02 Å². The van der Waals surface area contributed by atoms with Gasteiger partial charge in [0, 0.05) is 24.2 Å². The van der Waals surface area contributed by atoms with Gasteiger partial charge in [0.2, 0.25) is 5.91 Å². The lowest BCUT2D eigenvalue weighted by molar-refractivity contribution is -0.119. The molecule has 116 valence electrons. The first kappa shape index (κ1) is 17.8. The zero-order chi connectivity index (χ0) is 14.7. The van der Waals surface area contributed by atoms with Crippen LogP contribution in [0.4, 0.5) is 5.69 Å². The number of amides is 2. The van der Waals surface area contributed by atoms with E-state index in [0.29, 0.717) is 16.3 Å². The molecule has 0 aliphatic heterocycles. The highest BCUT2D eigenvalue weighted by Gasteiger charge is 2.25. The van der Waals surface area contributed by atoms with E-state index >= 15 is 0 Å². The molecule has 21 heavy (non-hydrogen) atoms. The van der Waals surface area contributed by atoms with Crippen LogP contribution >= 0.6 is 24.0 Å². The van der Waals surface area contributed by atoms with Crippen LogP contribution in [-0.4, -0.2) is 24.4 Å². The number of nitrogens with one attached hydrogen (secondary N) is 2. The lowest BCUT2D eigenvalue weighted by atomic mass is 10.1. The number of anilines is 1. The molecule has 1 saturated carbocycles. The fourth-order valence-corrected chi connectivity index (χ4v) is 1.84. The highest BCUT2D eigenvalue weighted by atomic mass is 35.5. The van der Waals surface area contributed by atoms with Crippen molar-refractivity contribution in [2.75, 3.05) is 11.9 Å². The maximum Gasteiger partial charge on any atom is 0.253 e. The summed E-state index contributed by atoms with van der Waals surface area (Å²) in [7, 11) is 0. The van der Waals surface area contributed by atoms with Gasteiger partial charge in [0.1, 0.15) is 0 Å². The second-order valence-electron chi connectivity index (χ2n) is 5.07. The van der Waals surface area contributed by atoms with Gasteiger partial charge in [-0.3, -0.25) is 9.59 Å². The Morgan fingerprint density at radius 1 is 1.43 bits per heavy atom. The molecule has 0 radical (unpaired) electrons. The Hall–Kier alpha value is -1.30. The van der Waals surface area contributed by atoms with Crippen molar-refractivity contribution in [3.63, 3.8) is 0 Å². The molecule has 2 amide bonds. The predicted molar refractivity (Wildman–Crippen MR) is 86.0 cm³/mol. The van der Waals surface area contributed by atoms with Crippen LogP contribution in [0.5, 0.6) is 0 Å². The van der Waals surface area contributed by atoms with Crippen molar-refractivity contribution < 1.29 is 9.59 Å². The van der Waals surface area contributed by atoms with Gasteiger partial charge in [0.25, 0.3) is 5.91 Å². The number of carbonyl (C=O) groups excluding carboxylic acids is 2. The summed E-state index contributed by atoms with van der Waals surface area (Å²) in [5.74, 6) is -0.668. The molecule has 1 aliphatic carbocycles. The van der Waals surface area contributed by atoms with Gasteiger partial charge in [-0.15, -0.1) is 12.4 Å². The largest absolute Gasteiger partial charge is 0.349 e. The lowest BCUT2D eigenvalue weighted by Crippen LogP contribution is -2.27. The molecule has 0 heterocycles. The van der Waals surface area contributed by atoms with Crippen LogP contribution in [0.1, 0.15) is 30.1 Å². The third-order valence-electron chi connectivity index (χ3n) is 3.19. The molecule has 2 rings (SSSR count). The zero-order valence-corrected chi connectivity index (χ0v) is 13.3. The van der Waals surface area contributed by atoms with Crippen LogP contribution in [0.3, 0.4) is 0 Å². The Bertz CT molecular complexity index is 533. The molecular formula is C14H19Cl2N3O2. The van der Waals surface area contributed by atoms with Gasteiger partial charge in [-0.2, -0.15) is 0 Å². The first-order chi connectivity index (χ1) is 9.51. The van der Waals surface area contributed by atoms with Gasteiger partial charge >= 0.3 is 0 Å². The van der Waals surface area contributed by atoms with Gasteiger partial charge in [-0.1, -0.05) is 18.5 Å². The van der Waals surface area contributed by atoms with E-state index in [0.717, 1.165) is 12.8 Å². The normalized spacial score (nSPS) is 14.8. The molecule has 0 bridgehead atoms. The first-order valence-electron chi connectivity index (χ1n) is 6.62. The second kappa shape index (κ2) is 7.64. The fourth-order valence-electron chi connectivity index (χ4n) is 1.64. The first-order valence-corrected chi connectivity index (χ1v) is 7.00. The van der Waals surface area contributed by atoms with Crippen LogP contribution < -0.4 is 16.4 Å². The van der Waals surface area contributed by atoms with Crippen molar-refractivity contribution >= 4 is 41.5 Å². The zero-order valence-electron chi connectivity index (χ0n) is 11.7. The van der Waals surface area contributed by atoms with Gasteiger partial charge in [-0.05, 0) is 31.0 Å². The SMILES string of the molecule is CC(CN)C(=O)Nc1ccc(Cl)c(C(=O)NC2CC2)c1.Cl. The molecule has 1 aromatic carbocycles. The van der Waals surface area contributed by atoms with E-state index in [9.17, 15) is 9.59 Å². The molecule has 4 N–H and O–H groups in total. The summed E-state index contributed by atoms with van der Waals surface area (Å²) in [6.45, 7) is 2.01. The Labute approximate surface area is 135 Å². The summed E-state index contributed by atoms with van der Waals surface area (Å²) in [5.41, 5.74) is 6.36. The summed E-state index contributed by atoms with van der Waals surface area (Å²) < 4.78 is 0. The number of nitrogens with two attached hydrogens (primary N) is 1. The third-order valence-corrected chi connectivity index (χ3v) is 3.52. The molecule has 1 aromatic rings. The molecule has 7 heteroatoms. The molecule has 1 aliphatic rings. The van der Waals surface area contributed by atoms with Gasteiger partial charge in [0.05, 0.1) is 10.6 Å². The summed E-state index contributed by atoms with van der Waals surface area (Å²) in [6.07, 6.45) is 2.02. The summed E-state index contributed by atoms with van der Waals surface area (Å²) >= 11 is 6.03. The van der Waals surface area contributed by atoms with Gasteiger partial charge in [-0.25, -0.2) is 0 Å². The standard InChI is InChI=1S/C14H18ClN3O2.ClH/c1-8(7-16)13(19)18-10-4-5-12(15)11(6-10)14(20)17-9-2-3-9;/h4-6,8-9H,2-3,7,16H2,1H3,(H,17,20)(H,18,19);1H. The number of rotatable bonds is 5. The Kier molecular flexibility index (Phi) is 6.45. The molecular weight excluding hydrogens is 313 g/mol. The second-order valence-corrected chi connectivity index (χ2v) is 5.48. The Balaban J connectivity index is 0.00000220. The molecule has 5 nitrogen and oxygen atoms in total. The minimum Gasteiger partial charge on any atom is -0.349 e. The van der Waals surface area contributed by atoms with Crippen molar-refractivity contribution in [1.82, 2.24) is 5.32 Å². The maximum atomic E-state index is 12.0. The van der Waals surface area contributed by atoms with Crippen LogP contribution in [0.15, 0.2) is 18.2 Å². The van der Waals surface area contributed by atoms with E-state index in [1.54, 1.807) is 25.1 Å². The van der Waals surface area contributed by atoms with Crippen molar-refractivity contribution in [3.05, 3.63) is 28.8 Å². The molecule has 1 atom stereocenters. The predicted octanol–water partition coefficient (Wildman–Crippen LogP) is 2.19. The average Bonchev–Trinajstić information content (AvgIpc) is 3.23. The van der Waals surface area contributed by atoms with Crippen LogP contribution in [-0.2, 0) is 4.79 Å². The number of hydrogen-bond acceptors (Lipinski definition) is 3. The van der Waals surface area contributed by atoms with E-state index < -0.39 is 0 Å². The minimum absolute atomic E-state index is 0. The Morgan fingerprint density at radius 3 is 2.67 bits per heavy atom. The van der Waals surface area contributed by atoms with Crippen molar-refractivity contribution in [2.24, 2.45) is 11.7 Å². The van der Waals surface area contributed by atoms with Crippen LogP contribution in [0.25, 0.3) is 0 Å². The van der Waals surface area contributed by atoms with Gasteiger partial charge < -0.3 is 16.4 Å². The number of halogens is 2. The van der Waals surface area contributed by atoms with E-state index in [1.165, 1.54) is 0 Å². The molecule has 0 aromatic heterocycles. The smallest absolute Gasteiger partial charge is 0.253 e. The maximum absolute atomic E-state index is 12.0.